The fourth-order valence-electron chi connectivity index (χ4n) is 2.04. The van der Waals surface area contributed by atoms with E-state index < -0.39 is 11.9 Å². The fourth-order valence-corrected chi connectivity index (χ4v) is 2.78. The summed E-state index contributed by atoms with van der Waals surface area (Å²) in [5.74, 6) is -0.615. The van der Waals surface area contributed by atoms with E-state index in [4.69, 9.17) is 14.7 Å². The van der Waals surface area contributed by atoms with Crippen LogP contribution in [-0.2, 0) is 16.1 Å². The Balaban J connectivity index is 2.34. The number of carbonyl (C=O) groups is 2. The largest absolute Gasteiger partial charge is 0.487 e. The molecule has 0 unspecified atom stereocenters. The highest BCUT2D eigenvalue weighted by Gasteiger charge is 2.17. The highest BCUT2D eigenvalue weighted by molar-refractivity contribution is 14.1. The Morgan fingerprint density at radius 3 is 2.60 bits per heavy atom. The van der Waals surface area contributed by atoms with E-state index in [1.807, 2.05) is 52.9 Å². The average Bonchev–Trinajstić information content (AvgIpc) is 2.62. The van der Waals surface area contributed by atoms with Crippen LogP contribution in [0, 0.1) is 14.9 Å². The van der Waals surface area contributed by atoms with Crippen molar-refractivity contribution in [3.63, 3.8) is 0 Å². The molecule has 25 heavy (non-hydrogen) atoms. The van der Waals surface area contributed by atoms with Crippen molar-refractivity contribution in [2.24, 2.45) is 0 Å². The molecule has 0 radical (unpaired) electrons. The zero-order chi connectivity index (χ0) is 18.2. The van der Waals surface area contributed by atoms with E-state index in [1.165, 1.54) is 13.2 Å². The monoisotopic (exact) mass is 450 g/mol. The highest BCUT2D eigenvalue weighted by Crippen LogP contribution is 2.33. The molecule has 1 amide bonds. The minimum Gasteiger partial charge on any atom is -0.487 e. The lowest BCUT2D eigenvalue weighted by Gasteiger charge is -2.15. The summed E-state index contributed by atoms with van der Waals surface area (Å²) in [6.07, 6.45) is -0.271. The normalized spacial score (nSPS) is 9.80. The quantitative estimate of drug-likeness (QED) is 0.538. The summed E-state index contributed by atoms with van der Waals surface area (Å²) in [4.78, 5) is 23.6. The molecule has 0 aromatic heterocycles. The Morgan fingerprint density at radius 2 is 1.96 bits per heavy atom. The minimum absolute atomic E-state index is 0.267. The summed E-state index contributed by atoms with van der Waals surface area (Å²) in [5, 5.41) is 11.3. The number of hydrogen-bond donors (Lipinski definition) is 1. The van der Waals surface area contributed by atoms with E-state index in [2.05, 4.69) is 5.32 Å². The van der Waals surface area contributed by atoms with Crippen molar-refractivity contribution < 1.29 is 19.1 Å². The zero-order valence-electron chi connectivity index (χ0n) is 13.4. The summed E-state index contributed by atoms with van der Waals surface area (Å²) in [6, 6.07) is 14.4. The molecule has 0 bridgehead atoms. The van der Waals surface area contributed by atoms with Crippen LogP contribution in [0.4, 0.5) is 5.69 Å². The van der Waals surface area contributed by atoms with E-state index in [9.17, 15) is 9.59 Å². The Hall–Kier alpha value is -2.60. The van der Waals surface area contributed by atoms with Gasteiger partial charge < -0.3 is 14.8 Å². The van der Waals surface area contributed by atoms with Crippen molar-refractivity contribution in [3.8, 4) is 11.8 Å². The number of carbonyl (C=O) groups excluding carboxylic acids is 2. The van der Waals surface area contributed by atoms with Crippen LogP contribution >= 0.6 is 22.6 Å². The second-order valence-corrected chi connectivity index (χ2v) is 6.14. The molecule has 0 fully saturated rings. The van der Waals surface area contributed by atoms with Crippen LogP contribution in [0.3, 0.4) is 0 Å². The molecule has 2 aromatic rings. The van der Waals surface area contributed by atoms with Gasteiger partial charge in [-0.05, 0) is 40.3 Å². The number of esters is 1. The second kappa shape index (κ2) is 9.03. The number of methoxy groups -OCH3 is 1. The molecular weight excluding hydrogens is 435 g/mol. The number of amides is 1. The van der Waals surface area contributed by atoms with Crippen LogP contribution in [0.1, 0.15) is 22.3 Å². The van der Waals surface area contributed by atoms with Gasteiger partial charge in [-0.25, -0.2) is 4.79 Å². The Morgan fingerprint density at radius 1 is 1.24 bits per heavy atom. The van der Waals surface area contributed by atoms with E-state index in [0.29, 0.717) is 20.6 Å². The van der Waals surface area contributed by atoms with Gasteiger partial charge in [-0.3, -0.25) is 4.79 Å². The first kappa shape index (κ1) is 18.7. The summed E-state index contributed by atoms with van der Waals surface area (Å²) in [7, 11) is 1.29. The van der Waals surface area contributed by atoms with Gasteiger partial charge in [0.05, 0.1) is 24.4 Å². The Bertz CT molecular complexity index is 816. The average molecular weight is 450 g/mol. The number of nitrogens with one attached hydrogen (secondary N) is 1. The van der Waals surface area contributed by atoms with Gasteiger partial charge >= 0.3 is 5.97 Å². The molecule has 128 valence electrons. The predicted octanol–water partition coefficient (Wildman–Crippen LogP) is 3.51. The van der Waals surface area contributed by atoms with Gasteiger partial charge in [0.15, 0.2) is 0 Å². The minimum atomic E-state index is -0.502. The van der Waals surface area contributed by atoms with Gasteiger partial charge in [-0.2, -0.15) is 5.26 Å². The number of nitriles is 1. The van der Waals surface area contributed by atoms with Gasteiger partial charge in [-0.15, -0.1) is 0 Å². The summed E-state index contributed by atoms with van der Waals surface area (Å²) < 4.78 is 11.2. The predicted molar refractivity (Wildman–Crippen MR) is 100 cm³/mol. The summed E-state index contributed by atoms with van der Waals surface area (Å²) in [6.45, 7) is 0.267. The van der Waals surface area contributed by atoms with Crippen LogP contribution in [-0.4, -0.2) is 19.0 Å². The SMILES string of the molecule is COC(=O)c1cc(I)c(NC(=O)CC#N)c(OCc2ccccc2)c1. The molecule has 0 aliphatic rings. The van der Waals surface area contributed by atoms with Crippen molar-refractivity contribution in [3.05, 3.63) is 57.2 Å². The molecule has 0 saturated carbocycles. The molecule has 0 saturated heterocycles. The molecule has 0 atom stereocenters. The van der Waals surface area contributed by atoms with E-state index in [0.717, 1.165) is 5.56 Å². The first-order valence-electron chi connectivity index (χ1n) is 7.30. The van der Waals surface area contributed by atoms with E-state index in [-0.39, 0.29) is 13.0 Å². The molecule has 0 aliphatic heterocycles. The van der Waals surface area contributed by atoms with Crippen molar-refractivity contribution in [2.75, 3.05) is 12.4 Å². The zero-order valence-corrected chi connectivity index (χ0v) is 15.6. The van der Waals surface area contributed by atoms with Crippen LogP contribution in [0.25, 0.3) is 0 Å². The molecule has 0 heterocycles. The highest BCUT2D eigenvalue weighted by atomic mass is 127. The van der Waals surface area contributed by atoms with Crippen LogP contribution in [0.15, 0.2) is 42.5 Å². The van der Waals surface area contributed by atoms with E-state index in [1.54, 1.807) is 12.1 Å². The van der Waals surface area contributed by atoms with Gasteiger partial charge in [0.25, 0.3) is 0 Å². The van der Waals surface area contributed by atoms with Gasteiger partial charge in [0, 0.05) is 3.57 Å². The van der Waals surface area contributed by atoms with E-state index >= 15 is 0 Å². The Kier molecular flexibility index (Phi) is 6.77. The third-order valence-corrected chi connectivity index (χ3v) is 4.07. The first-order chi connectivity index (χ1) is 12.0. The number of rotatable bonds is 6. The van der Waals surface area contributed by atoms with Crippen molar-refractivity contribution in [2.45, 2.75) is 13.0 Å². The number of ether oxygens (including phenoxy) is 2. The number of halogens is 1. The molecule has 0 aliphatic carbocycles. The van der Waals surface area contributed by atoms with Crippen molar-refractivity contribution >= 4 is 40.2 Å². The third kappa shape index (κ3) is 5.19. The fraction of sp³-hybridized carbons (Fsp3) is 0.167. The third-order valence-electron chi connectivity index (χ3n) is 3.22. The lowest BCUT2D eigenvalue weighted by atomic mass is 10.1. The molecular formula is C18H15IN2O4. The maximum absolute atomic E-state index is 11.8. The molecule has 6 nitrogen and oxygen atoms in total. The van der Waals surface area contributed by atoms with Crippen LogP contribution < -0.4 is 10.1 Å². The lowest BCUT2D eigenvalue weighted by molar-refractivity contribution is -0.115. The van der Waals surface area contributed by atoms with Gasteiger partial charge in [0.2, 0.25) is 5.91 Å². The first-order valence-corrected chi connectivity index (χ1v) is 8.38. The Labute approximate surface area is 158 Å². The smallest absolute Gasteiger partial charge is 0.338 e. The maximum atomic E-state index is 11.8. The topological polar surface area (TPSA) is 88.4 Å². The molecule has 1 N–H and O–H groups in total. The molecule has 0 spiro atoms. The van der Waals surface area contributed by atoms with Crippen LogP contribution in [0.2, 0.25) is 0 Å². The number of hydrogen-bond acceptors (Lipinski definition) is 5. The second-order valence-electron chi connectivity index (χ2n) is 4.98. The van der Waals surface area contributed by atoms with Gasteiger partial charge in [0.1, 0.15) is 18.8 Å². The standard InChI is InChI=1S/C18H15IN2O4/c1-24-18(23)13-9-14(19)17(21-16(22)7-8-20)15(10-13)25-11-12-5-3-2-4-6-12/h2-6,9-10H,7,11H2,1H3,(H,21,22). The molecule has 7 heteroatoms. The summed E-state index contributed by atoms with van der Waals surface area (Å²) >= 11 is 1.99. The number of nitrogens with zero attached hydrogens (tertiary/aromatic N) is 1. The van der Waals surface area contributed by atoms with Crippen molar-refractivity contribution in [1.29, 1.82) is 5.26 Å². The van der Waals surface area contributed by atoms with Gasteiger partial charge in [-0.1, -0.05) is 30.3 Å². The van der Waals surface area contributed by atoms with Crippen molar-refractivity contribution in [1.82, 2.24) is 0 Å². The molecule has 2 rings (SSSR count). The van der Waals surface area contributed by atoms with Crippen LogP contribution in [0.5, 0.6) is 5.75 Å². The maximum Gasteiger partial charge on any atom is 0.338 e. The molecule has 2 aromatic carbocycles. The number of anilines is 1. The lowest BCUT2D eigenvalue weighted by Crippen LogP contribution is -2.14. The summed E-state index contributed by atoms with van der Waals surface area (Å²) in [5.41, 5.74) is 1.67. The number of benzene rings is 2.